The Hall–Kier alpha value is -4.14. The number of nitriles is 1. The van der Waals surface area contributed by atoms with Crippen LogP contribution in [-0.2, 0) is 11.2 Å². The summed E-state index contributed by atoms with van der Waals surface area (Å²) >= 11 is 6.46. The second kappa shape index (κ2) is 11.9. The summed E-state index contributed by atoms with van der Waals surface area (Å²) in [4.78, 5) is 28.3. The minimum Gasteiger partial charge on any atom is -0.492 e. The monoisotopic (exact) mass is 605 g/mol. The molecular weight excluding hydrogens is 573 g/mol. The molecule has 3 aromatic rings. The fourth-order valence-corrected chi connectivity index (χ4v) is 6.57. The lowest BCUT2D eigenvalue weighted by atomic mass is 9.94. The Bertz CT molecular complexity index is 1640. The first-order valence-electron chi connectivity index (χ1n) is 14.4. The van der Waals surface area contributed by atoms with Gasteiger partial charge in [0.15, 0.2) is 0 Å². The number of likely N-dealkylation sites (N-methyl/N-ethyl adjacent to an activating group) is 1. The van der Waals surface area contributed by atoms with Crippen molar-refractivity contribution in [3.05, 3.63) is 47.3 Å². The molecule has 2 N–H and O–H groups in total. The second-order valence-electron chi connectivity index (χ2n) is 11.2. The maximum atomic E-state index is 14.7. The van der Waals surface area contributed by atoms with E-state index < -0.39 is 5.82 Å². The van der Waals surface area contributed by atoms with Crippen LogP contribution in [0.15, 0.2) is 30.9 Å². The van der Waals surface area contributed by atoms with Crippen LogP contribution >= 0.6 is 11.6 Å². The van der Waals surface area contributed by atoms with E-state index in [1.54, 1.807) is 11.0 Å². The highest BCUT2D eigenvalue weighted by Gasteiger charge is 2.34. The fourth-order valence-electron chi connectivity index (χ4n) is 6.36. The smallest absolute Gasteiger partial charge is 0.319 e. The number of benzene rings is 2. The lowest BCUT2D eigenvalue weighted by Gasteiger charge is -2.41. The topological polar surface area (TPSA) is 121 Å². The number of anilines is 2. The van der Waals surface area contributed by atoms with E-state index in [1.165, 1.54) is 12.1 Å². The van der Waals surface area contributed by atoms with Crippen LogP contribution in [0.25, 0.3) is 22.0 Å². The predicted molar refractivity (Wildman–Crippen MR) is 163 cm³/mol. The highest BCUT2D eigenvalue weighted by Crippen LogP contribution is 2.46. The summed E-state index contributed by atoms with van der Waals surface area (Å²) in [5.41, 5.74) is 8.83. The number of amides is 1. The zero-order chi connectivity index (χ0) is 30.2. The number of hydrogen-bond donors (Lipinski definition) is 1. The quantitative estimate of drug-likeness (QED) is 0.312. The number of nitrogen functional groups attached to an aromatic ring is 1. The van der Waals surface area contributed by atoms with Crippen LogP contribution in [0.4, 0.5) is 15.9 Å². The Morgan fingerprint density at radius 2 is 2.12 bits per heavy atom. The summed E-state index contributed by atoms with van der Waals surface area (Å²) in [7, 11) is 2.08. The van der Waals surface area contributed by atoms with Gasteiger partial charge in [-0.15, -0.1) is 0 Å². The van der Waals surface area contributed by atoms with E-state index in [-0.39, 0.29) is 41.1 Å². The summed E-state index contributed by atoms with van der Waals surface area (Å²) in [5, 5.41) is 10.2. The summed E-state index contributed by atoms with van der Waals surface area (Å²) in [6.07, 6.45) is 4.15. The maximum Gasteiger partial charge on any atom is 0.319 e. The number of aromatic nitrogens is 2. The van der Waals surface area contributed by atoms with Crippen LogP contribution in [0.2, 0.25) is 5.02 Å². The second-order valence-corrected chi connectivity index (χ2v) is 11.6. The molecule has 2 atom stereocenters. The third-order valence-corrected chi connectivity index (χ3v) is 8.97. The number of piperazine rings is 1. The van der Waals surface area contributed by atoms with Crippen molar-refractivity contribution in [1.29, 1.82) is 5.26 Å². The van der Waals surface area contributed by atoms with Crippen molar-refractivity contribution in [2.75, 3.05) is 57.1 Å². The Morgan fingerprint density at radius 1 is 1.28 bits per heavy atom. The Kier molecular flexibility index (Phi) is 7.99. The molecule has 1 amide bonds. The first-order valence-corrected chi connectivity index (χ1v) is 14.8. The molecule has 0 radical (unpaired) electrons. The van der Waals surface area contributed by atoms with Crippen molar-refractivity contribution in [1.82, 2.24) is 19.8 Å². The molecule has 6 rings (SSSR count). The van der Waals surface area contributed by atoms with Gasteiger partial charge in [-0.3, -0.25) is 4.79 Å². The molecule has 2 aromatic carbocycles. The van der Waals surface area contributed by atoms with Gasteiger partial charge in [-0.1, -0.05) is 18.2 Å². The number of nitrogens with zero attached hydrogens (tertiary/aromatic N) is 6. The molecule has 0 aliphatic carbocycles. The van der Waals surface area contributed by atoms with Crippen LogP contribution in [-0.4, -0.2) is 84.2 Å². The molecule has 0 unspecified atom stereocenters. The molecule has 2 saturated heterocycles. The molecule has 3 aliphatic heterocycles. The Morgan fingerprint density at radius 3 is 2.86 bits per heavy atom. The number of likely N-dealkylation sites (tertiary alicyclic amines) is 1. The first kappa shape index (κ1) is 29.0. The number of fused-ring (bicyclic) bond motifs is 3. The van der Waals surface area contributed by atoms with Gasteiger partial charge < -0.3 is 29.9 Å². The molecule has 0 bridgehead atoms. The number of carbonyl (C=O) groups is 1. The van der Waals surface area contributed by atoms with Gasteiger partial charge >= 0.3 is 6.01 Å². The Balaban J connectivity index is 1.49. The van der Waals surface area contributed by atoms with E-state index in [4.69, 9.17) is 36.8 Å². The summed E-state index contributed by atoms with van der Waals surface area (Å²) < 4.78 is 27.1. The van der Waals surface area contributed by atoms with E-state index in [0.29, 0.717) is 72.9 Å². The molecule has 1 aromatic heterocycles. The molecule has 0 saturated carbocycles. The number of ether oxygens (including phenoxy) is 2. The zero-order valence-electron chi connectivity index (χ0n) is 24.0. The van der Waals surface area contributed by atoms with Crippen molar-refractivity contribution in [2.45, 2.75) is 37.8 Å². The van der Waals surface area contributed by atoms with Gasteiger partial charge in [0.25, 0.3) is 0 Å². The molecule has 43 heavy (non-hydrogen) atoms. The van der Waals surface area contributed by atoms with Gasteiger partial charge in [0.2, 0.25) is 5.91 Å². The maximum absolute atomic E-state index is 14.7. The molecule has 3 aliphatic rings. The van der Waals surface area contributed by atoms with Gasteiger partial charge in [-0.05, 0) is 56.3 Å². The molecule has 10 nitrogen and oxygen atoms in total. The van der Waals surface area contributed by atoms with Crippen molar-refractivity contribution < 1.29 is 18.7 Å². The third kappa shape index (κ3) is 5.41. The van der Waals surface area contributed by atoms with Crippen LogP contribution in [0, 0.1) is 17.1 Å². The van der Waals surface area contributed by atoms with Crippen LogP contribution < -0.4 is 20.1 Å². The van der Waals surface area contributed by atoms with Crippen molar-refractivity contribution >= 4 is 39.9 Å². The third-order valence-electron chi connectivity index (χ3n) is 8.59. The van der Waals surface area contributed by atoms with Crippen molar-refractivity contribution in [3.8, 4) is 29.0 Å². The zero-order valence-corrected chi connectivity index (χ0v) is 24.7. The lowest BCUT2D eigenvalue weighted by molar-refractivity contribution is -0.128. The number of halogens is 2. The van der Waals surface area contributed by atoms with E-state index in [1.807, 2.05) is 6.07 Å². The predicted octanol–water partition coefficient (Wildman–Crippen LogP) is 4.20. The first-order chi connectivity index (χ1) is 20.8. The van der Waals surface area contributed by atoms with E-state index in [9.17, 15) is 14.4 Å². The van der Waals surface area contributed by atoms with Crippen LogP contribution in [0.3, 0.4) is 0 Å². The normalized spacial score (nSPS) is 20.1. The average molecular weight is 606 g/mol. The average Bonchev–Trinajstić information content (AvgIpc) is 3.66. The SMILES string of the molecule is C=CC(=O)N1CCN(c2nc(OC[C@@H]3CCCN3C)nc3cc(-c4cc(N)cc(F)c4Cl)c4c(c23)OCC4)C[C@@H]1CC#N. The highest BCUT2D eigenvalue weighted by atomic mass is 35.5. The van der Waals surface area contributed by atoms with Crippen molar-refractivity contribution in [2.24, 2.45) is 0 Å². The van der Waals surface area contributed by atoms with E-state index in [2.05, 4.69) is 29.5 Å². The largest absolute Gasteiger partial charge is 0.492 e. The molecule has 12 heteroatoms. The molecule has 224 valence electrons. The van der Waals surface area contributed by atoms with Crippen LogP contribution in [0.5, 0.6) is 11.8 Å². The van der Waals surface area contributed by atoms with Gasteiger partial charge in [0, 0.05) is 48.9 Å². The van der Waals surface area contributed by atoms with Gasteiger partial charge in [0.1, 0.15) is 24.0 Å². The van der Waals surface area contributed by atoms with Crippen molar-refractivity contribution in [3.63, 3.8) is 0 Å². The van der Waals surface area contributed by atoms with E-state index in [0.717, 1.165) is 24.9 Å². The van der Waals surface area contributed by atoms with Gasteiger partial charge in [-0.25, -0.2) is 4.39 Å². The molecule has 2 fully saturated rings. The fraction of sp³-hybridized carbons (Fsp3) is 0.419. The van der Waals surface area contributed by atoms with Crippen LogP contribution in [0.1, 0.15) is 24.8 Å². The lowest BCUT2D eigenvalue weighted by Crippen LogP contribution is -2.55. The summed E-state index contributed by atoms with van der Waals surface area (Å²) in [5.74, 6) is 0.387. The minimum absolute atomic E-state index is 0.0278. The number of hydrogen-bond acceptors (Lipinski definition) is 9. The summed E-state index contributed by atoms with van der Waals surface area (Å²) in [6, 6.07) is 7.04. The minimum atomic E-state index is -0.604. The van der Waals surface area contributed by atoms with E-state index >= 15 is 0 Å². The Labute approximate surface area is 254 Å². The highest BCUT2D eigenvalue weighted by molar-refractivity contribution is 6.33. The number of rotatable bonds is 7. The molecule has 0 spiro atoms. The molecular formula is C31H33ClFN7O3. The summed E-state index contributed by atoms with van der Waals surface area (Å²) in [6.45, 7) is 6.74. The standard InChI is InChI=1S/C31H33ClFN7O3/c1-3-26(41)40-11-10-39(16-19(40)6-8-34)30-27-25(36-31(37-30)43-17-20-5-4-9-38(20)2)15-22(21-7-12-42-29(21)27)23-13-18(35)14-24(33)28(23)32/h3,13-15,19-20H,1,4-7,9-12,16-17,35H2,2H3/t19-,20-/m0/s1. The number of nitrogens with two attached hydrogens (primary N) is 1. The van der Waals surface area contributed by atoms with Gasteiger partial charge in [0.05, 0.1) is 41.1 Å². The van der Waals surface area contributed by atoms with Gasteiger partial charge in [-0.2, -0.15) is 15.2 Å². The number of carbonyl (C=O) groups excluding carboxylic acids is 1. The molecule has 4 heterocycles.